The van der Waals surface area contributed by atoms with E-state index in [9.17, 15) is 19.5 Å². The first kappa shape index (κ1) is 16.0. The number of anilines is 1. The van der Waals surface area contributed by atoms with E-state index in [4.69, 9.17) is 9.47 Å². The largest absolute Gasteiger partial charge is 0.462 e. The first-order valence-corrected chi connectivity index (χ1v) is 8.15. The number of benzene rings is 1. The van der Waals surface area contributed by atoms with Gasteiger partial charge in [-0.05, 0) is 31.2 Å². The van der Waals surface area contributed by atoms with Crippen molar-refractivity contribution in [3.63, 3.8) is 0 Å². The number of fused-ring (bicyclic) bond motifs is 5. The first-order chi connectivity index (χ1) is 12.0. The molecule has 0 radical (unpaired) electrons. The van der Waals surface area contributed by atoms with Crippen LogP contribution in [0.1, 0.15) is 17.3 Å². The third-order valence-corrected chi connectivity index (χ3v) is 5.04. The summed E-state index contributed by atoms with van der Waals surface area (Å²) in [6.07, 6.45) is 2.92. The van der Waals surface area contributed by atoms with E-state index in [2.05, 4.69) is 0 Å². The number of carbonyl (C=O) groups excluding carboxylic acids is 3. The lowest BCUT2D eigenvalue weighted by Gasteiger charge is -2.26. The van der Waals surface area contributed by atoms with Gasteiger partial charge in [0.1, 0.15) is 5.60 Å². The molecule has 0 spiro atoms. The molecule has 7 nitrogen and oxygen atoms in total. The van der Waals surface area contributed by atoms with E-state index in [0.29, 0.717) is 11.3 Å². The number of nitrogens with zero attached hydrogens (tertiary/aromatic N) is 1. The lowest BCUT2D eigenvalue weighted by molar-refractivity contribution is -0.128. The van der Waals surface area contributed by atoms with Gasteiger partial charge in [-0.1, -0.05) is 12.2 Å². The molecule has 1 aromatic carbocycles. The van der Waals surface area contributed by atoms with Crippen molar-refractivity contribution in [1.29, 1.82) is 0 Å². The third-order valence-electron chi connectivity index (χ3n) is 5.04. The number of carbonyl (C=O) groups is 3. The van der Waals surface area contributed by atoms with E-state index in [-0.39, 0.29) is 25.0 Å². The molecule has 130 valence electrons. The van der Waals surface area contributed by atoms with Crippen LogP contribution in [0.4, 0.5) is 5.69 Å². The molecule has 25 heavy (non-hydrogen) atoms. The molecule has 2 bridgehead atoms. The van der Waals surface area contributed by atoms with Gasteiger partial charge in [0.2, 0.25) is 11.8 Å². The van der Waals surface area contributed by atoms with Gasteiger partial charge in [0.25, 0.3) is 0 Å². The lowest BCUT2D eigenvalue weighted by atomic mass is 9.77. The summed E-state index contributed by atoms with van der Waals surface area (Å²) in [4.78, 5) is 38.5. The highest BCUT2D eigenvalue weighted by Gasteiger charge is 2.67. The molecule has 0 aromatic heterocycles. The molecule has 1 N–H and O–H groups in total. The minimum Gasteiger partial charge on any atom is -0.462 e. The quantitative estimate of drug-likeness (QED) is 0.491. The van der Waals surface area contributed by atoms with Crippen LogP contribution >= 0.6 is 0 Å². The Balaban J connectivity index is 1.64. The number of imide groups is 1. The summed E-state index contributed by atoms with van der Waals surface area (Å²) >= 11 is 0. The van der Waals surface area contributed by atoms with Crippen LogP contribution in [0.2, 0.25) is 0 Å². The number of aliphatic hydroxyl groups excluding tert-OH is 1. The summed E-state index contributed by atoms with van der Waals surface area (Å²) in [6, 6.07) is 6.14. The molecule has 2 amide bonds. The number of esters is 1. The summed E-state index contributed by atoms with van der Waals surface area (Å²) in [5.74, 6) is -2.53. The van der Waals surface area contributed by atoms with Gasteiger partial charge in [0, 0.05) is 0 Å². The fourth-order valence-electron chi connectivity index (χ4n) is 3.90. The molecule has 0 unspecified atom stereocenters. The predicted molar refractivity (Wildman–Crippen MR) is 85.7 cm³/mol. The van der Waals surface area contributed by atoms with Crippen molar-refractivity contribution < 1.29 is 29.0 Å². The van der Waals surface area contributed by atoms with Crippen molar-refractivity contribution in [2.24, 2.45) is 11.8 Å². The highest BCUT2D eigenvalue weighted by Crippen LogP contribution is 2.52. The molecule has 3 aliphatic rings. The number of hydrogen-bond acceptors (Lipinski definition) is 6. The zero-order valence-electron chi connectivity index (χ0n) is 13.5. The van der Waals surface area contributed by atoms with Crippen LogP contribution in [-0.2, 0) is 19.1 Å². The summed E-state index contributed by atoms with van der Waals surface area (Å²) in [5.41, 5.74) is -0.367. The molecule has 2 saturated heterocycles. The normalized spacial score (nSPS) is 32.4. The van der Waals surface area contributed by atoms with E-state index in [1.165, 1.54) is 12.1 Å². The Hall–Kier alpha value is -2.51. The van der Waals surface area contributed by atoms with E-state index in [1.807, 2.05) is 0 Å². The Morgan fingerprint density at radius 2 is 2.00 bits per heavy atom. The Morgan fingerprint density at radius 3 is 2.64 bits per heavy atom. The maximum Gasteiger partial charge on any atom is 0.338 e. The van der Waals surface area contributed by atoms with Crippen molar-refractivity contribution in [2.75, 3.05) is 18.1 Å². The molecule has 0 aliphatic carbocycles. The summed E-state index contributed by atoms with van der Waals surface area (Å²) < 4.78 is 10.6. The molecule has 1 aromatic rings. The van der Waals surface area contributed by atoms with Crippen LogP contribution in [-0.4, -0.2) is 47.8 Å². The second-order valence-corrected chi connectivity index (χ2v) is 6.34. The summed E-state index contributed by atoms with van der Waals surface area (Å²) in [7, 11) is 0. The fourth-order valence-corrected chi connectivity index (χ4v) is 3.90. The molecule has 3 heterocycles. The minimum absolute atomic E-state index is 0.269. The van der Waals surface area contributed by atoms with Crippen molar-refractivity contribution in [2.45, 2.75) is 18.6 Å². The van der Waals surface area contributed by atoms with Crippen LogP contribution in [0, 0.1) is 11.8 Å². The molecule has 3 aliphatic heterocycles. The van der Waals surface area contributed by atoms with Crippen LogP contribution in [0.15, 0.2) is 36.4 Å². The maximum atomic E-state index is 12.9. The standard InChI is InChI=1S/C18H17NO6/c1-2-24-17(23)10-3-5-11(6-4-10)19-15(21)13-12-7-8-18(9-20,25-12)14(13)16(19)22/h3-8,12-14,20H,2,9H2,1H3/t12-,13+,14+,18-/m1/s1. The zero-order chi connectivity index (χ0) is 17.8. The van der Waals surface area contributed by atoms with E-state index >= 15 is 0 Å². The van der Waals surface area contributed by atoms with Crippen molar-refractivity contribution in [1.82, 2.24) is 0 Å². The van der Waals surface area contributed by atoms with E-state index in [0.717, 1.165) is 4.90 Å². The third kappa shape index (κ3) is 2.09. The Labute approximate surface area is 143 Å². The average Bonchev–Trinajstić information content (AvgIpc) is 3.26. The van der Waals surface area contributed by atoms with Gasteiger partial charge in [-0.3, -0.25) is 9.59 Å². The smallest absolute Gasteiger partial charge is 0.338 e. The SMILES string of the molecule is CCOC(=O)c1ccc(N2C(=O)[C@@H]3[C@@H](C2=O)[C@]2(CO)C=C[C@H]3O2)cc1. The first-order valence-electron chi connectivity index (χ1n) is 8.15. The summed E-state index contributed by atoms with van der Waals surface area (Å²) in [5, 5.41) is 9.69. The highest BCUT2D eigenvalue weighted by molar-refractivity contribution is 6.23. The van der Waals surface area contributed by atoms with Crippen LogP contribution < -0.4 is 4.90 Å². The van der Waals surface area contributed by atoms with Crippen LogP contribution in [0.5, 0.6) is 0 Å². The van der Waals surface area contributed by atoms with E-state index < -0.39 is 29.5 Å². The zero-order valence-corrected chi connectivity index (χ0v) is 13.5. The van der Waals surface area contributed by atoms with Crippen molar-refractivity contribution in [3.05, 3.63) is 42.0 Å². The number of amides is 2. The van der Waals surface area contributed by atoms with E-state index in [1.54, 1.807) is 31.2 Å². The summed E-state index contributed by atoms with van der Waals surface area (Å²) in [6.45, 7) is 1.63. The number of aliphatic hydroxyl groups is 1. The van der Waals surface area contributed by atoms with Gasteiger partial charge in [0.15, 0.2) is 0 Å². The Bertz CT molecular complexity index is 785. The minimum atomic E-state index is -1.11. The van der Waals surface area contributed by atoms with Crippen molar-refractivity contribution in [3.8, 4) is 0 Å². The molecule has 4 rings (SSSR count). The Morgan fingerprint density at radius 1 is 1.28 bits per heavy atom. The van der Waals surface area contributed by atoms with Gasteiger partial charge >= 0.3 is 5.97 Å². The highest BCUT2D eigenvalue weighted by atomic mass is 16.5. The predicted octanol–water partition coefficient (Wildman–Crippen LogP) is 0.669. The molecule has 4 atom stereocenters. The van der Waals surface area contributed by atoms with Crippen LogP contribution in [0.25, 0.3) is 0 Å². The lowest BCUT2D eigenvalue weighted by Crippen LogP contribution is -2.43. The van der Waals surface area contributed by atoms with Gasteiger partial charge in [-0.15, -0.1) is 0 Å². The molecular weight excluding hydrogens is 326 g/mol. The Kier molecular flexibility index (Phi) is 3.52. The molecule has 7 heteroatoms. The number of ether oxygens (including phenoxy) is 2. The van der Waals surface area contributed by atoms with Gasteiger partial charge in [-0.2, -0.15) is 0 Å². The second kappa shape index (κ2) is 5.50. The van der Waals surface area contributed by atoms with Gasteiger partial charge in [-0.25, -0.2) is 9.69 Å². The molecule has 0 saturated carbocycles. The second-order valence-electron chi connectivity index (χ2n) is 6.34. The fraction of sp³-hybridized carbons (Fsp3) is 0.389. The molecule has 2 fully saturated rings. The molecular formula is C18H17NO6. The van der Waals surface area contributed by atoms with Crippen molar-refractivity contribution >= 4 is 23.5 Å². The average molecular weight is 343 g/mol. The monoisotopic (exact) mass is 343 g/mol. The van der Waals surface area contributed by atoms with Gasteiger partial charge in [0.05, 0.1) is 42.4 Å². The number of hydrogen-bond donors (Lipinski definition) is 1. The maximum absolute atomic E-state index is 12.9. The van der Waals surface area contributed by atoms with Gasteiger partial charge < -0.3 is 14.6 Å². The number of rotatable bonds is 4. The topological polar surface area (TPSA) is 93.1 Å². The van der Waals surface area contributed by atoms with Crippen LogP contribution in [0.3, 0.4) is 0 Å².